The lowest BCUT2D eigenvalue weighted by atomic mass is 10.2. The molecule has 0 aromatic heterocycles. The van der Waals surface area contributed by atoms with Crippen molar-refractivity contribution in [2.75, 3.05) is 27.4 Å². The topological polar surface area (TPSA) is 48.0 Å². The summed E-state index contributed by atoms with van der Waals surface area (Å²) in [5, 5.41) is 0. The molecule has 0 N–H and O–H groups in total. The summed E-state index contributed by atoms with van der Waals surface area (Å²) in [4.78, 5) is 14.2. The fourth-order valence-corrected chi connectivity index (χ4v) is 3.68. The number of hydrogen-bond donors (Lipinski definition) is 0. The van der Waals surface area contributed by atoms with Crippen molar-refractivity contribution in [3.8, 4) is 17.2 Å². The molecule has 1 heterocycles. The van der Waals surface area contributed by atoms with Crippen LogP contribution < -0.4 is 14.2 Å². The van der Waals surface area contributed by atoms with E-state index in [2.05, 4.69) is 0 Å². The van der Waals surface area contributed by atoms with E-state index in [-0.39, 0.29) is 5.91 Å². The Labute approximate surface area is 174 Å². The van der Waals surface area contributed by atoms with Crippen LogP contribution in [-0.2, 0) is 4.79 Å². The van der Waals surface area contributed by atoms with Gasteiger partial charge in [-0.15, -0.1) is 0 Å². The lowest BCUT2D eigenvalue weighted by molar-refractivity contribution is -0.121. The van der Waals surface area contributed by atoms with Crippen LogP contribution in [0.5, 0.6) is 17.2 Å². The van der Waals surface area contributed by atoms with Crippen LogP contribution in [0.1, 0.15) is 12.0 Å². The first kappa shape index (κ1) is 20.2. The van der Waals surface area contributed by atoms with Gasteiger partial charge in [0.15, 0.2) is 0 Å². The lowest BCUT2D eigenvalue weighted by Gasteiger charge is -2.09. The van der Waals surface area contributed by atoms with Gasteiger partial charge in [-0.1, -0.05) is 36.1 Å². The third kappa shape index (κ3) is 5.27. The molecule has 7 heteroatoms. The number of likely N-dealkylation sites (N-methyl/N-ethyl adjacent to an activating group) is 1. The number of ether oxygens (including phenoxy) is 3. The normalized spacial score (nSPS) is 15.2. The average molecular weight is 416 g/mol. The van der Waals surface area contributed by atoms with Crippen molar-refractivity contribution in [2.24, 2.45) is 0 Å². The van der Waals surface area contributed by atoms with Crippen LogP contribution in [0.2, 0.25) is 0 Å². The summed E-state index contributed by atoms with van der Waals surface area (Å²) < 4.78 is 17.2. The lowest BCUT2D eigenvalue weighted by Crippen LogP contribution is -2.22. The van der Waals surface area contributed by atoms with Crippen molar-refractivity contribution in [3.05, 3.63) is 59.0 Å². The fraction of sp³-hybridized carbons (Fsp3) is 0.238. The first-order valence-corrected chi connectivity index (χ1v) is 10.0. The summed E-state index contributed by atoms with van der Waals surface area (Å²) in [6.07, 6.45) is 2.59. The van der Waals surface area contributed by atoms with E-state index in [1.54, 1.807) is 14.2 Å². The van der Waals surface area contributed by atoms with Crippen LogP contribution in [0, 0.1) is 0 Å². The highest BCUT2D eigenvalue weighted by Gasteiger charge is 2.28. The predicted molar refractivity (Wildman–Crippen MR) is 116 cm³/mol. The molecule has 0 bridgehead atoms. The largest absolute Gasteiger partial charge is 0.497 e. The second kappa shape index (κ2) is 9.61. The summed E-state index contributed by atoms with van der Waals surface area (Å²) in [5.74, 6) is 2.29. The molecule has 2 aromatic rings. The third-order valence-electron chi connectivity index (χ3n) is 4.03. The molecule has 5 nitrogen and oxygen atoms in total. The van der Waals surface area contributed by atoms with Crippen molar-refractivity contribution in [2.45, 2.75) is 6.42 Å². The Hall–Kier alpha value is -2.51. The molecule has 1 saturated heterocycles. The van der Waals surface area contributed by atoms with Crippen molar-refractivity contribution in [1.29, 1.82) is 0 Å². The smallest absolute Gasteiger partial charge is 0.265 e. The molecule has 0 saturated carbocycles. The maximum Gasteiger partial charge on any atom is 0.265 e. The number of rotatable bonds is 8. The molecule has 28 heavy (non-hydrogen) atoms. The zero-order valence-corrected chi connectivity index (χ0v) is 17.3. The van der Waals surface area contributed by atoms with Gasteiger partial charge in [-0.05, 0) is 48.0 Å². The molecule has 3 rings (SSSR count). The maximum absolute atomic E-state index is 12.1. The predicted octanol–water partition coefficient (Wildman–Crippen LogP) is 4.37. The maximum atomic E-state index is 12.1. The number of nitrogens with zero attached hydrogens (tertiary/aromatic N) is 1. The van der Waals surface area contributed by atoms with Crippen molar-refractivity contribution in [3.63, 3.8) is 0 Å². The van der Waals surface area contributed by atoms with E-state index >= 15 is 0 Å². The van der Waals surface area contributed by atoms with Crippen LogP contribution in [0.3, 0.4) is 0 Å². The molecule has 0 unspecified atom stereocenters. The van der Waals surface area contributed by atoms with Gasteiger partial charge in [0.05, 0.1) is 25.2 Å². The van der Waals surface area contributed by atoms with Gasteiger partial charge < -0.3 is 14.2 Å². The number of thiocarbonyl (C=S) groups is 1. The molecular weight excluding hydrogens is 394 g/mol. The van der Waals surface area contributed by atoms with E-state index in [9.17, 15) is 4.79 Å². The summed E-state index contributed by atoms with van der Waals surface area (Å²) in [7, 11) is 3.32. The van der Waals surface area contributed by atoms with E-state index < -0.39 is 0 Å². The van der Waals surface area contributed by atoms with Gasteiger partial charge in [-0.2, -0.15) is 0 Å². The highest BCUT2D eigenvalue weighted by atomic mass is 32.2. The second-order valence-electron chi connectivity index (χ2n) is 6.04. The molecule has 0 aliphatic carbocycles. The van der Waals surface area contributed by atoms with Crippen molar-refractivity contribution >= 4 is 40.3 Å². The highest BCUT2D eigenvalue weighted by molar-refractivity contribution is 8.26. The van der Waals surface area contributed by atoms with Crippen LogP contribution in [0.15, 0.2) is 53.4 Å². The monoisotopic (exact) mass is 415 g/mol. The molecule has 1 fully saturated rings. The van der Waals surface area contributed by atoms with E-state index in [1.165, 1.54) is 16.7 Å². The molecule has 0 radical (unpaired) electrons. The zero-order valence-electron chi connectivity index (χ0n) is 15.7. The summed E-state index contributed by atoms with van der Waals surface area (Å²) >= 11 is 6.46. The SMILES string of the molecule is COc1ccc(OCCCOc2cccc(/C=C3\SC(=S)N(C)C3=O)c2)cc1. The molecule has 0 spiro atoms. The van der Waals surface area contributed by atoms with E-state index in [0.717, 1.165) is 29.2 Å². The summed E-state index contributed by atoms with van der Waals surface area (Å²) in [6.45, 7) is 1.10. The van der Waals surface area contributed by atoms with Crippen molar-refractivity contribution < 1.29 is 19.0 Å². The van der Waals surface area contributed by atoms with Gasteiger partial charge in [0, 0.05) is 13.5 Å². The molecule has 1 aliphatic heterocycles. The molecule has 0 atom stereocenters. The van der Waals surface area contributed by atoms with Crippen LogP contribution in [0.25, 0.3) is 6.08 Å². The van der Waals surface area contributed by atoms with Gasteiger partial charge >= 0.3 is 0 Å². The van der Waals surface area contributed by atoms with Gasteiger partial charge in [0.2, 0.25) is 0 Å². The standard InChI is InChI=1S/C21H21NO4S2/c1-22-20(23)19(28-21(22)27)14-15-5-3-6-18(13-15)26-12-4-11-25-17-9-7-16(24-2)8-10-17/h3,5-10,13-14H,4,11-12H2,1-2H3/b19-14-. The zero-order chi connectivity index (χ0) is 19.9. The molecule has 1 aliphatic rings. The number of carbonyl (C=O) groups excluding carboxylic acids is 1. The number of methoxy groups -OCH3 is 1. The number of amides is 1. The van der Waals surface area contributed by atoms with E-state index in [1.807, 2.05) is 54.6 Å². The molecule has 1 amide bonds. The second-order valence-corrected chi connectivity index (χ2v) is 7.71. The van der Waals surface area contributed by atoms with Crippen LogP contribution in [0.4, 0.5) is 0 Å². The van der Waals surface area contributed by atoms with Crippen LogP contribution in [-0.4, -0.2) is 42.5 Å². The average Bonchev–Trinajstić information content (AvgIpc) is 2.95. The van der Waals surface area contributed by atoms with Gasteiger partial charge in [-0.25, -0.2) is 0 Å². The Morgan fingerprint density at radius 2 is 1.71 bits per heavy atom. The van der Waals surface area contributed by atoms with Gasteiger partial charge in [0.25, 0.3) is 5.91 Å². The minimum atomic E-state index is -0.0722. The Kier molecular flexibility index (Phi) is 6.95. The number of thioether (sulfide) groups is 1. The quantitative estimate of drug-likeness (QED) is 0.362. The van der Waals surface area contributed by atoms with Gasteiger partial charge in [0.1, 0.15) is 21.6 Å². The Balaban J connectivity index is 1.47. The van der Waals surface area contributed by atoms with Crippen LogP contribution >= 0.6 is 24.0 Å². The molecular formula is C21H21NO4S2. The fourth-order valence-electron chi connectivity index (χ4n) is 2.50. The molecule has 146 valence electrons. The first-order chi connectivity index (χ1) is 13.6. The van der Waals surface area contributed by atoms with Crippen molar-refractivity contribution in [1.82, 2.24) is 4.90 Å². The van der Waals surface area contributed by atoms with E-state index in [0.29, 0.717) is 22.4 Å². The Bertz CT molecular complexity index is 880. The minimum Gasteiger partial charge on any atom is -0.497 e. The summed E-state index contributed by atoms with van der Waals surface area (Å²) in [5.41, 5.74) is 0.904. The Morgan fingerprint density at radius 3 is 2.36 bits per heavy atom. The number of benzene rings is 2. The number of hydrogen-bond acceptors (Lipinski definition) is 6. The highest BCUT2D eigenvalue weighted by Crippen LogP contribution is 2.31. The third-order valence-corrected chi connectivity index (χ3v) is 5.51. The first-order valence-electron chi connectivity index (χ1n) is 8.78. The number of carbonyl (C=O) groups is 1. The molecule has 2 aromatic carbocycles. The Morgan fingerprint density at radius 1 is 1.04 bits per heavy atom. The van der Waals surface area contributed by atoms with E-state index in [4.69, 9.17) is 26.4 Å². The summed E-state index contributed by atoms with van der Waals surface area (Å²) in [6, 6.07) is 15.1. The minimum absolute atomic E-state index is 0.0722. The van der Waals surface area contributed by atoms with Gasteiger partial charge in [-0.3, -0.25) is 9.69 Å².